The molecule has 5 nitrogen and oxygen atoms in total. The van der Waals surface area contributed by atoms with Gasteiger partial charge in [-0.2, -0.15) is 18.3 Å². The lowest BCUT2D eigenvalue weighted by Gasteiger charge is -2.20. The van der Waals surface area contributed by atoms with E-state index < -0.39 is 11.7 Å². The summed E-state index contributed by atoms with van der Waals surface area (Å²) in [5.74, 6) is 0.136. The van der Waals surface area contributed by atoms with Crippen LogP contribution < -0.4 is 10.2 Å². The van der Waals surface area contributed by atoms with E-state index >= 15 is 0 Å². The molecule has 0 bridgehead atoms. The van der Waals surface area contributed by atoms with Gasteiger partial charge in [0.05, 0.1) is 35.8 Å². The lowest BCUT2D eigenvalue weighted by molar-refractivity contribution is -0.137. The van der Waals surface area contributed by atoms with Crippen molar-refractivity contribution in [3.05, 3.63) is 94.4 Å². The van der Waals surface area contributed by atoms with Crippen LogP contribution in [0.2, 0.25) is 0 Å². The number of methoxy groups -OCH3 is 1. The Labute approximate surface area is 176 Å². The number of ether oxygens (including phenoxy) is 1. The van der Waals surface area contributed by atoms with Gasteiger partial charge in [-0.25, -0.2) is 4.68 Å². The van der Waals surface area contributed by atoms with E-state index in [1.54, 1.807) is 23.9 Å². The van der Waals surface area contributed by atoms with E-state index in [9.17, 15) is 18.0 Å². The highest BCUT2D eigenvalue weighted by molar-refractivity contribution is 5.66. The summed E-state index contributed by atoms with van der Waals surface area (Å²) in [5.41, 5.74) is 1.15. The Hall–Kier alpha value is -3.81. The van der Waals surface area contributed by atoms with Crippen LogP contribution in [0.1, 0.15) is 11.3 Å². The molecule has 8 heteroatoms. The van der Waals surface area contributed by atoms with Gasteiger partial charge in [-0.15, -0.1) is 0 Å². The van der Waals surface area contributed by atoms with Crippen LogP contribution in [0.3, 0.4) is 0 Å². The lowest BCUT2D eigenvalue weighted by atomic mass is 10.1. The summed E-state index contributed by atoms with van der Waals surface area (Å²) in [5, 5.41) is 4.32. The predicted molar refractivity (Wildman–Crippen MR) is 111 cm³/mol. The van der Waals surface area contributed by atoms with E-state index in [-0.39, 0.29) is 17.0 Å². The zero-order chi connectivity index (χ0) is 22.2. The van der Waals surface area contributed by atoms with Crippen molar-refractivity contribution in [3.63, 3.8) is 0 Å². The molecular formula is C23H18F3N3O2. The zero-order valence-electron chi connectivity index (χ0n) is 16.7. The summed E-state index contributed by atoms with van der Waals surface area (Å²) >= 11 is 0. The maximum absolute atomic E-state index is 13.3. The third kappa shape index (κ3) is 3.72. The molecule has 0 N–H and O–H groups in total. The molecule has 2 aromatic carbocycles. The van der Waals surface area contributed by atoms with Gasteiger partial charge in [0, 0.05) is 17.4 Å². The highest BCUT2D eigenvalue weighted by Crippen LogP contribution is 2.33. The number of nitrogens with zero attached hydrogens (tertiary/aromatic N) is 3. The van der Waals surface area contributed by atoms with Crippen LogP contribution in [0.25, 0.3) is 22.6 Å². The molecule has 0 spiro atoms. The van der Waals surface area contributed by atoms with E-state index in [0.717, 1.165) is 17.8 Å². The number of alkyl halides is 3. The van der Waals surface area contributed by atoms with E-state index in [4.69, 9.17) is 4.74 Å². The Morgan fingerprint density at radius 3 is 2.32 bits per heavy atom. The highest BCUT2D eigenvalue weighted by atomic mass is 19.4. The van der Waals surface area contributed by atoms with Crippen LogP contribution in [0.15, 0.2) is 77.7 Å². The van der Waals surface area contributed by atoms with Gasteiger partial charge in [0.2, 0.25) is 5.88 Å². The van der Waals surface area contributed by atoms with E-state index in [1.165, 1.54) is 29.9 Å². The maximum atomic E-state index is 13.3. The molecule has 0 saturated heterocycles. The topological polar surface area (TPSA) is 49.0 Å². The minimum absolute atomic E-state index is 0.136. The summed E-state index contributed by atoms with van der Waals surface area (Å²) in [6, 6.07) is 17.1. The minimum atomic E-state index is -4.50. The van der Waals surface area contributed by atoms with Crippen LogP contribution in [-0.2, 0) is 6.18 Å². The second kappa shape index (κ2) is 7.79. The molecule has 0 radical (unpaired) electrons. The first-order valence-electron chi connectivity index (χ1n) is 9.39. The van der Waals surface area contributed by atoms with Gasteiger partial charge in [-0.1, -0.05) is 24.3 Å². The van der Waals surface area contributed by atoms with Crippen LogP contribution in [0, 0.1) is 6.92 Å². The molecule has 4 rings (SSSR count). The molecule has 0 atom stereocenters. The molecule has 0 amide bonds. The fourth-order valence-corrected chi connectivity index (χ4v) is 3.58. The molecule has 2 aromatic heterocycles. The Morgan fingerprint density at radius 1 is 0.935 bits per heavy atom. The zero-order valence-corrected chi connectivity index (χ0v) is 16.7. The number of halogens is 3. The fraction of sp³-hybridized carbons (Fsp3) is 0.130. The molecule has 0 aliphatic carbocycles. The van der Waals surface area contributed by atoms with Gasteiger partial charge in [0.1, 0.15) is 0 Å². The summed E-state index contributed by atoms with van der Waals surface area (Å²) < 4.78 is 48.3. The minimum Gasteiger partial charge on any atom is -0.482 e. The second-order valence-corrected chi connectivity index (χ2v) is 6.86. The highest BCUT2D eigenvalue weighted by Gasteiger charge is 2.31. The molecule has 158 valence electrons. The average Bonchev–Trinajstić information content (AvgIpc) is 3.22. The van der Waals surface area contributed by atoms with E-state index in [2.05, 4.69) is 5.10 Å². The average molecular weight is 425 g/mol. The Morgan fingerprint density at radius 2 is 1.65 bits per heavy atom. The van der Waals surface area contributed by atoms with Crippen molar-refractivity contribution in [1.82, 2.24) is 14.3 Å². The molecule has 31 heavy (non-hydrogen) atoms. The van der Waals surface area contributed by atoms with E-state index in [0.29, 0.717) is 17.0 Å². The number of rotatable bonds is 4. The van der Waals surface area contributed by atoms with Crippen molar-refractivity contribution < 1.29 is 17.9 Å². The molecule has 0 aliphatic rings. The van der Waals surface area contributed by atoms with Crippen molar-refractivity contribution in [1.29, 1.82) is 0 Å². The van der Waals surface area contributed by atoms with Crippen LogP contribution in [-0.4, -0.2) is 21.5 Å². The molecule has 2 heterocycles. The number of pyridine rings is 1. The first kappa shape index (κ1) is 20.5. The van der Waals surface area contributed by atoms with Gasteiger partial charge in [-0.3, -0.25) is 9.36 Å². The third-order valence-electron chi connectivity index (χ3n) is 4.96. The molecule has 0 saturated carbocycles. The molecule has 0 unspecified atom stereocenters. The van der Waals surface area contributed by atoms with Crippen LogP contribution in [0.4, 0.5) is 13.2 Å². The quantitative estimate of drug-likeness (QED) is 0.461. The molecule has 4 aromatic rings. The largest absolute Gasteiger partial charge is 0.482 e. The smallest absolute Gasteiger partial charge is 0.416 e. The Balaban J connectivity index is 1.97. The molecule has 0 aliphatic heterocycles. The first-order chi connectivity index (χ1) is 14.8. The van der Waals surface area contributed by atoms with Gasteiger partial charge in [0.15, 0.2) is 5.43 Å². The van der Waals surface area contributed by atoms with Crippen LogP contribution in [0.5, 0.6) is 5.88 Å². The number of benzene rings is 2. The molecular weight excluding hydrogens is 407 g/mol. The number of aromatic nitrogens is 3. The van der Waals surface area contributed by atoms with Gasteiger partial charge < -0.3 is 4.74 Å². The lowest BCUT2D eigenvalue weighted by Crippen LogP contribution is -2.17. The first-order valence-corrected chi connectivity index (χ1v) is 9.39. The van der Waals surface area contributed by atoms with Gasteiger partial charge >= 0.3 is 6.18 Å². The van der Waals surface area contributed by atoms with Crippen molar-refractivity contribution in [2.45, 2.75) is 13.1 Å². The summed E-state index contributed by atoms with van der Waals surface area (Å²) in [6.45, 7) is 1.67. The SMILES string of the molecule is COc1cc(=O)c(-c2ccnn2-c2ccccc2)c(C)n1-c1cccc(C(F)(F)F)c1. The summed E-state index contributed by atoms with van der Waals surface area (Å²) in [6.07, 6.45) is -2.93. The standard InChI is InChI=1S/C23H18F3N3O2/c1-15-22(19-11-12-27-29(19)17-8-4-3-5-9-17)20(30)14-21(31-2)28(15)18-10-6-7-16(13-18)23(24,25)26/h3-14H,1-2H3. The van der Waals surface area contributed by atoms with Crippen LogP contribution >= 0.6 is 0 Å². The van der Waals surface area contributed by atoms with E-state index in [1.807, 2.05) is 30.3 Å². The second-order valence-electron chi connectivity index (χ2n) is 6.86. The van der Waals surface area contributed by atoms with Crippen molar-refractivity contribution in [2.75, 3.05) is 7.11 Å². The predicted octanol–water partition coefficient (Wildman–Crippen LogP) is 5.03. The number of hydrogen-bond acceptors (Lipinski definition) is 3. The fourth-order valence-electron chi connectivity index (χ4n) is 3.58. The number of para-hydroxylation sites is 1. The summed E-state index contributed by atoms with van der Waals surface area (Å²) in [4.78, 5) is 13.0. The van der Waals surface area contributed by atoms with Crippen molar-refractivity contribution >= 4 is 0 Å². The van der Waals surface area contributed by atoms with Crippen molar-refractivity contribution in [3.8, 4) is 28.5 Å². The number of hydrogen-bond donors (Lipinski definition) is 0. The molecule has 0 fully saturated rings. The normalized spacial score (nSPS) is 11.5. The van der Waals surface area contributed by atoms with Gasteiger partial charge in [0.25, 0.3) is 0 Å². The maximum Gasteiger partial charge on any atom is 0.416 e. The Bertz CT molecular complexity index is 1290. The monoisotopic (exact) mass is 425 g/mol. The third-order valence-corrected chi connectivity index (χ3v) is 4.96. The van der Waals surface area contributed by atoms with Crippen molar-refractivity contribution in [2.24, 2.45) is 0 Å². The Kier molecular flexibility index (Phi) is 5.14. The summed E-state index contributed by atoms with van der Waals surface area (Å²) in [7, 11) is 1.37. The van der Waals surface area contributed by atoms with Gasteiger partial charge in [-0.05, 0) is 43.3 Å².